The van der Waals surface area contributed by atoms with Gasteiger partial charge in [-0.3, -0.25) is 19.0 Å². The number of benzene rings is 2. The van der Waals surface area contributed by atoms with E-state index in [0.29, 0.717) is 23.4 Å². The SMILES string of the molecule is C[C@@H](Oc1ccc2c(c1)c1ccnc3c4ccccc4c(=O)n2c13)C(=O)NCc1ccco1. The van der Waals surface area contributed by atoms with Crippen molar-refractivity contribution >= 4 is 44.0 Å². The summed E-state index contributed by atoms with van der Waals surface area (Å²) in [6.45, 7) is 1.99. The Hall–Kier alpha value is -4.39. The molecule has 0 aliphatic rings. The lowest BCUT2D eigenvalue weighted by atomic mass is 10.1. The van der Waals surface area contributed by atoms with Crippen molar-refractivity contribution < 1.29 is 13.9 Å². The van der Waals surface area contributed by atoms with Crippen LogP contribution in [-0.4, -0.2) is 21.4 Å². The van der Waals surface area contributed by atoms with Gasteiger partial charge in [-0.1, -0.05) is 18.2 Å². The van der Waals surface area contributed by atoms with Crippen molar-refractivity contribution in [1.29, 1.82) is 0 Å². The molecule has 6 rings (SSSR count). The van der Waals surface area contributed by atoms with E-state index in [1.165, 1.54) is 0 Å². The fourth-order valence-corrected chi connectivity index (χ4v) is 4.41. The maximum Gasteiger partial charge on any atom is 0.263 e. The Kier molecular flexibility index (Phi) is 4.29. The average molecular weight is 437 g/mol. The van der Waals surface area contributed by atoms with Gasteiger partial charge in [-0.2, -0.15) is 0 Å². The summed E-state index contributed by atoms with van der Waals surface area (Å²) >= 11 is 0. The molecule has 0 aliphatic heterocycles. The number of fused-ring (bicyclic) bond motifs is 5. The summed E-state index contributed by atoms with van der Waals surface area (Å²) < 4.78 is 12.9. The number of amides is 1. The summed E-state index contributed by atoms with van der Waals surface area (Å²) in [5, 5.41) is 6.05. The highest BCUT2D eigenvalue weighted by atomic mass is 16.5. The summed E-state index contributed by atoms with van der Waals surface area (Å²) in [4.78, 5) is 30.4. The van der Waals surface area contributed by atoms with Gasteiger partial charge in [-0.25, -0.2) is 0 Å². The molecule has 1 amide bonds. The van der Waals surface area contributed by atoms with E-state index in [0.717, 1.165) is 32.7 Å². The van der Waals surface area contributed by atoms with Crippen molar-refractivity contribution in [1.82, 2.24) is 14.7 Å². The molecule has 7 heteroatoms. The number of hydrogen-bond donors (Lipinski definition) is 1. The highest BCUT2D eigenvalue weighted by Crippen LogP contribution is 2.34. The van der Waals surface area contributed by atoms with E-state index in [2.05, 4.69) is 10.3 Å². The first-order valence-corrected chi connectivity index (χ1v) is 10.7. The zero-order valence-corrected chi connectivity index (χ0v) is 17.7. The molecular formula is C26H19N3O4. The third-order valence-electron chi connectivity index (χ3n) is 5.96. The van der Waals surface area contributed by atoms with Gasteiger partial charge in [0.25, 0.3) is 11.5 Å². The summed E-state index contributed by atoms with van der Waals surface area (Å²) in [6.07, 6.45) is 2.62. The van der Waals surface area contributed by atoms with Gasteiger partial charge >= 0.3 is 0 Å². The number of furan rings is 1. The zero-order chi connectivity index (χ0) is 22.5. The minimum atomic E-state index is -0.704. The Morgan fingerprint density at radius 3 is 2.73 bits per heavy atom. The standard InChI is InChI=1S/C26H19N3O4/c1-15(25(30)28-14-17-5-4-12-32-17)33-16-8-9-22-21(13-16)19-10-11-27-23-18-6-2-3-7-20(18)26(31)29(22)24(19)23/h2-13,15H,14H2,1H3,(H,28,30)/t15-/m1/s1. The molecule has 0 radical (unpaired) electrons. The number of rotatable bonds is 5. The number of nitrogens with one attached hydrogen (secondary N) is 1. The van der Waals surface area contributed by atoms with Gasteiger partial charge in [0.05, 0.1) is 29.4 Å². The first kappa shape index (κ1) is 19.3. The summed E-state index contributed by atoms with van der Waals surface area (Å²) in [5.74, 6) is 0.971. The van der Waals surface area contributed by atoms with Gasteiger partial charge in [-0.15, -0.1) is 0 Å². The smallest absolute Gasteiger partial charge is 0.263 e. The van der Waals surface area contributed by atoms with Crippen LogP contribution in [0, 0.1) is 0 Å². The number of nitrogens with zero attached hydrogens (tertiary/aromatic N) is 2. The summed E-state index contributed by atoms with van der Waals surface area (Å²) in [6, 6.07) is 18.5. The largest absolute Gasteiger partial charge is 0.481 e. The van der Waals surface area contributed by atoms with Crippen LogP contribution in [0.1, 0.15) is 12.7 Å². The van der Waals surface area contributed by atoms with E-state index in [1.807, 2.05) is 42.5 Å². The van der Waals surface area contributed by atoms with Crippen LogP contribution in [0.15, 0.2) is 82.3 Å². The fraction of sp³-hybridized carbons (Fsp3) is 0.115. The molecule has 0 fully saturated rings. The monoisotopic (exact) mass is 437 g/mol. The number of aromatic nitrogens is 2. The summed E-state index contributed by atoms with van der Waals surface area (Å²) in [5.41, 5.74) is 2.27. The molecular weight excluding hydrogens is 418 g/mol. The van der Waals surface area contributed by atoms with Crippen molar-refractivity contribution in [2.45, 2.75) is 19.6 Å². The lowest BCUT2D eigenvalue weighted by molar-refractivity contribution is -0.127. The highest BCUT2D eigenvalue weighted by molar-refractivity contribution is 6.18. The normalized spacial score (nSPS) is 12.6. The van der Waals surface area contributed by atoms with Gasteiger partial charge in [0, 0.05) is 27.7 Å². The first-order valence-electron chi connectivity index (χ1n) is 10.7. The van der Waals surface area contributed by atoms with Crippen molar-refractivity contribution in [3.05, 3.63) is 89.2 Å². The molecule has 2 aromatic carbocycles. The topological polar surface area (TPSA) is 85.8 Å². The van der Waals surface area contributed by atoms with E-state index in [-0.39, 0.29) is 11.5 Å². The van der Waals surface area contributed by atoms with Crippen molar-refractivity contribution in [3.8, 4) is 5.75 Å². The number of ether oxygens (including phenoxy) is 1. The Labute approximate surface area is 187 Å². The van der Waals surface area contributed by atoms with E-state index in [9.17, 15) is 9.59 Å². The Morgan fingerprint density at radius 2 is 1.91 bits per heavy atom. The summed E-state index contributed by atoms with van der Waals surface area (Å²) in [7, 11) is 0. The molecule has 0 spiro atoms. The second kappa shape index (κ2) is 7.34. The predicted molar refractivity (Wildman–Crippen MR) is 126 cm³/mol. The van der Waals surface area contributed by atoms with Gasteiger partial charge < -0.3 is 14.5 Å². The van der Waals surface area contributed by atoms with Crippen LogP contribution in [0.25, 0.3) is 38.1 Å². The van der Waals surface area contributed by atoms with E-state index in [4.69, 9.17) is 9.15 Å². The number of carbonyl (C=O) groups is 1. The van der Waals surface area contributed by atoms with Crippen LogP contribution < -0.4 is 15.6 Å². The van der Waals surface area contributed by atoms with Crippen molar-refractivity contribution in [2.24, 2.45) is 0 Å². The zero-order valence-electron chi connectivity index (χ0n) is 17.7. The molecule has 0 unspecified atom stereocenters. The van der Waals surface area contributed by atoms with Crippen LogP contribution in [0.5, 0.6) is 5.75 Å². The molecule has 0 bridgehead atoms. The van der Waals surface area contributed by atoms with Gasteiger partial charge in [0.1, 0.15) is 11.5 Å². The third kappa shape index (κ3) is 3.01. The first-order chi connectivity index (χ1) is 16.1. The van der Waals surface area contributed by atoms with E-state index in [1.54, 1.807) is 42.0 Å². The fourth-order valence-electron chi connectivity index (χ4n) is 4.41. The molecule has 1 N–H and O–H groups in total. The van der Waals surface area contributed by atoms with Gasteiger partial charge in [0.15, 0.2) is 6.10 Å². The molecule has 1 atom stereocenters. The Balaban J connectivity index is 1.41. The molecule has 33 heavy (non-hydrogen) atoms. The molecule has 0 saturated heterocycles. The number of pyridine rings is 2. The lowest BCUT2D eigenvalue weighted by Gasteiger charge is -2.14. The van der Waals surface area contributed by atoms with Crippen LogP contribution in [-0.2, 0) is 11.3 Å². The van der Waals surface area contributed by atoms with Crippen molar-refractivity contribution in [2.75, 3.05) is 0 Å². The molecule has 6 aromatic rings. The van der Waals surface area contributed by atoms with Crippen LogP contribution >= 0.6 is 0 Å². The quantitative estimate of drug-likeness (QED) is 0.407. The third-order valence-corrected chi connectivity index (χ3v) is 5.96. The van der Waals surface area contributed by atoms with Gasteiger partial charge in [0.2, 0.25) is 0 Å². The minimum Gasteiger partial charge on any atom is -0.481 e. The van der Waals surface area contributed by atoms with E-state index >= 15 is 0 Å². The van der Waals surface area contributed by atoms with E-state index < -0.39 is 6.10 Å². The van der Waals surface area contributed by atoms with Crippen LogP contribution in [0.2, 0.25) is 0 Å². The Bertz CT molecular complexity index is 1700. The molecule has 4 heterocycles. The number of hydrogen-bond acceptors (Lipinski definition) is 5. The molecule has 0 aliphatic carbocycles. The lowest BCUT2D eigenvalue weighted by Crippen LogP contribution is -2.35. The van der Waals surface area contributed by atoms with Crippen molar-refractivity contribution in [3.63, 3.8) is 0 Å². The van der Waals surface area contributed by atoms with Crippen LogP contribution in [0.4, 0.5) is 0 Å². The molecule has 0 saturated carbocycles. The predicted octanol–water partition coefficient (Wildman–Crippen LogP) is 4.27. The molecule has 7 nitrogen and oxygen atoms in total. The maximum absolute atomic E-state index is 13.3. The molecule has 4 aromatic heterocycles. The number of carbonyl (C=O) groups excluding carboxylic acids is 1. The minimum absolute atomic E-state index is 0.0783. The van der Waals surface area contributed by atoms with Crippen LogP contribution in [0.3, 0.4) is 0 Å². The maximum atomic E-state index is 13.3. The van der Waals surface area contributed by atoms with Gasteiger partial charge in [-0.05, 0) is 49.4 Å². The second-order valence-corrected chi connectivity index (χ2v) is 7.98. The average Bonchev–Trinajstić information content (AvgIpc) is 3.48. The highest BCUT2D eigenvalue weighted by Gasteiger charge is 2.19. The second-order valence-electron chi connectivity index (χ2n) is 7.98. The molecule has 162 valence electrons. The Morgan fingerprint density at radius 1 is 1.06 bits per heavy atom.